The van der Waals surface area contributed by atoms with Gasteiger partial charge in [0.2, 0.25) is 0 Å². The summed E-state index contributed by atoms with van der Waals surface area (Å²) >= 11 is 0. The molecule has 0 N–H and O–H groups in total. The SMILES string of the molecule is Cc1ccc(C(=O)N2CCN(C(=O)c3nnn4c3COC(c3ccccc3)C4)CC2)cc1F. The summed E-state index contributed by atoms with van der Waals surface area (Å²) in [4.78, 5) is 29.2. The molecule has 8 nitrogen and oxygen atoms in total. The van der Waals surface area contributed by atoms with Crippen molar-refractivity contribution in [3.8, 4) is 0 Å². The molecule has 5 rings (SSSR count). The van der Waals surface area contributed by atoms with E-state index >= 15 is 0 Å². The fraction of sp³-hybridized carbons (Fsp3) is 0.333. The van der Waals surface area contributed by atoms with E-state index in [9.17, 15) is 14.0 Å². The maximum absolute atomic E-state index is 13.8. The van der Waals surface area contributed by atoms with Gasteiger partial charge in [0.15, 0.2) is 5.69 Å². The zero-order chi connectivity index (χ0) is 22.9. The molecule has 0 spiro atoms. The number of nitrogens with zero attached hydrogens (tertiary/aromatic N) is 5. The number of rotatable bonds is 3. The van der Waals surface area contributed by atoms with Crippen LogP contribution in [-0.4, -0.2) is 62.8 Å². The van der Waals surface area contributed by atoms with Gasteiger partial charge in [0.05, 0.1) is 18.8 Å². The lowest BCUT2D eigenvalue weighted by molar-refractivity contribution is -0.00202. The van der Waals surface area contributed by atoms with E-state index in [-0.39, 0.29) is 24.5 Å². The van der Waals surface area contributed by atoms with E-state index in [0.717, 1.165) is 5.56 Å². The molecule has 9 heteroatoms. The Balaban J connectivity index is 1.23. The third kappa shape index (κ3) is 4.11. The average Bonchev–Trinajstić information content (AvgIpc) is 3.29. The van der Waals surface area contributed by atoms with Gasteiger partial charge in [-0.3, -0.25) is 9.59 Å². The second-order valence-electron chi connectivity index (χ2n) is 8.33. The molecule has 2 amide bonds. The minimum atomic E-state index is -0.400. The third-order valence-corrected chi connectivity index (χ3v) is 6.24. The highest BCUT2D eigenvalue weighted by Crippen LogP contribution is 2.27. The Morgan fingerprint density at radius 2 is 1.70 bits per heavy atom. The standard InChI is InChI=1S/C24H24FN5O3/c1-16-7-8-18(13-19(16)25)23(31)28-9-11-29(12-10-28)24(32)22-20-15-33-21(14-30(20)27-26-22)17-5-3-2-4-6-17/h2-8,13,21H,9-12,14-15H2,1H3. The van der Waals surface area contributed by atoms with Crippen LogP contribution in [0.4, 0.5) is 4.39 Å². The summed E-state index contributed by atoms with van der Waals surface area (Å²) in [5.74, 6) is -0.850. The molecule has 0 saturated carbocycles. The zero-order valence-corrected chi connectivity index (χ0v) is 18.3. The number of benzene rings is 2. The van der Waals surface area contributed by atoms with Crippen LogP contribution in [0, 0.1) is 12.7 Å². The second kappa shape index (κ2) is 8.74. The lowest BCUT2D eigenvalue weighted by atomic mass is 10.1. The van der Waals surface area contributed by atoms with Crippen molar-refractivity contribution in [2.45, 2.75) is 26.2 Å². The molecule has 0 radical (unpaired) electrons. The van der Waals surface area contributed by atoms with Crippen molar-refractivity contribution in [2.75, 3.05) is 26.2 Å². The van der Waals surface area contributed by atoms with E-state index in [1.807, 2.05) is 30.3 Å². The summed E-state index contributed by atoms with van der Waals surface area (Å²) in [6.07, 6.45) is -0.135. The summed E-state index contributed by atoms with van der Waals surface area (Å²) in [5, 5.41) is 8.33. The average molecular weight is 449 g/mol. The van der Waals surface area contributed by atoms with E-state index in [1.165, 1.54) is 6.07 Å². The second-order valence-corrected chi connectivity index (χ2v) is 8.33. The normalized spacial score (nSPS) is 18.2. The van der Waals surface area contributed by atoms with Gasteiger partial charge < -0.3 is 14.5 Å². The molecule has 1 unspecified atom stereocenters. The van der Waals surface area contributed by atoms with Crippen molar-refractivity contribution >= 4 is 11.8 Å². The predicted molar refractivity (Wildman–Crippen MR) is 117 cm³/mol. The summed E-state index contributed by atoms with van der Waals surface area (Å²) in [7, 11) is 0. The highest BCUT2D eigenvalue weighted by Gasteiger charge is 2.32. The number of carbonyl (C=O) groups excluding carboxylic acids is 2. The van der Waals surface area contributed by atoms with Crippen LogP contribution in [-0.2, 0) is 17.9 Å². The van der Waals surface area contributed by atoms with E-state index in [1.54, 1.807) is 33.5 Å². The number of aryl methyl sites for hydroxylation is 1. The van der Waals surface area contributed by atoms with Crippen LogP contribution in [0.5, 0.6) is 0 Å². The first kappa shape index (κ1) is 21.3. The van der Waals surface area contributed by atoms with Crippen LogP contribution in [0.1, 0.15) is 43.8 Å². The quantitative estimate of drug-likeness (QED) is 0.614. The van der Waals surface area contributed by atoms with Crippen molar-refractivity contribution in [3.05, 3.63) is 82.4 Å². The number of amides is 2. The minimum absolute atomic E-state index is 0.135. The van der Waals surface area contributed by atoms with Gasteiger partial charge >= 0.3 is 0 Å². The minimum Gasteiger partial charge on any atom is -0.365 e. The predicted octanol–water partition coefficient (Wildman–Crippen LogP) is 2.60. The smallest absolute Gasteiger partial charge is 0.276 e. The third-order valence-electron chi connectivity index (χ3n) is 6.24. The Hall–Kier alpha value is -3.59. The van der Waals surface area contributed by atoms with Crippen LogP contribution in [0.3, 0.4) is 0 Å². The molecule has 1 atom stereocenters. The summed E-state index contributed by atoms with van der Waals surface area (Å²) < 4.78 is 21.6. The number of hydrogen-bond acceptors (Lipinski definition) is 5. The van der Waals surface area contributed by atoms with Gasteiger partial charge in [-0.25, -0.2) is 9.07 Å². The fourth-order valence-electron chi connectivity index (χ4n) is 4.22. The Morgan fingerprint density at radius 1 is 1.00 bits per heavy atom. The Labute approximate surface area is 190 Å². The monoisotopic (exact) mass is 449 g/mol. The van der Waals surface area contributed by atoms with Crippen LogP contribution < -0.4 is 0 Å². The topological polar surface area (TPSA) is 80.6 Å². The first-order chi connectivity index (χ1) is 16.0. The number of carbonyl (C=O) groups is 2. The molecule has 2 aliphatic rings. The molecule has 2 aliphatic heterocycles. The number of ether oxygens (including phenoxy) is 1. The fourth-order valence-corrected chi connectivity index (χ4v) is 4.22. The van der Waals surface area contributed by atoms with Gasteiger partial charge in [0.25, 0.3) is 11.8 Å². The molecule has 3 aromatic rings. The highest BCUT2D eigenvalue weighted by molar-refractivity contribution is 5.95. The largest absolute Gasteiger partial charge is 0.365 e. The molecular weight excluding hydrogens is 425 g/mol. The van der Waals surface area contributed by atoms with Crippen molar-refractivity contribution in [1.29, 1.82) is 0 Å². The van der Waals surface area contributed by atoms with E-state index in [4.69, 9.17) is 4.74 Å². The lowest BCUT2D eigenvalue weighted by Gasteiger charge is -2.34. The Bertz CT molecular complexity index is 1190. The molecule has 1 saturated heterocycles. The summed E-state index contributed by atoms with van der Waals surface area (Å²) in [5.41, 5.74) is 2.83. The first-order valence-corrected chi connectivity index (χ1v) is 10.9. The molecule has 3 heterocycles. The lowest BCUT2D eigenvalue weighted by Crippen LogP contribution is -2.50. The molecule has 0 bridgehead atoms. The maximum atomic E-state index is 13.8. The number of halogens is 1. The van der Waals surface area contributed by atoms with Gasteiger partial charge in [0.1, 0.15) is 11.9 Å². The zero-order valence-electron chi connectivity index (χ0n) is 18.3. The summed E-state index contributed by atoms with van der Waals surface area (Å²) in [6, 6.07) is 14.4. The van der Waals surface area contributed by atoms with Gasteiger partial charge in [-0.05, 0) is 30.2 Å². The van der Waals surface area contributed by atoms with Crippen LogP contribution >= 0.6 is 0 Å². The first-order valence-electron chi connectivity index (χ1n) is 10.9. The van der Waals surface area contributed by atoms with Crippen molar-refractivity contribution in [3.63, 3.8) is 0 Å². The van der Waals surface area contributed by atoms with Gasteiger partial charge in [-0.2, -0.15) is 0 Å². The molecule has 1 aromatic heterocycles. The summed E-state index contributed by atoms with van der Waals surface area (Å²) in [6.45, 7) is 3.90. The molecule has 33 heavy (non-hydrogen) atoms. The van der Waals surface area contributed by atoms with Crippen molar-refractivity contribution in [2.24, 2.45) is 0 Å². The Kier molecular flexibility index (Phi) is 5.63. The number of fused-ring (bicyclic) bond motifs is 1. The molecule has 2 aromatic carbocycles. The van der Waals surface area contributed by atoms with Crippen LogP contribution in [0.25, 0.3) is 0 Å². The van der Waals surface area contributed by atoms with Crippen LogP contribution in [0.2, 0.25) is 0 Å². The Morgan fingerprint density at radius 3 is 2.39 bits per heavy atom. The van der Waals surface area contributed by atoms with Gasteiger partial charge in [-0.15, -0.1) is 5.10 Å². The van der Waals surface area contributed by atoms with Crippen LogP contribution in [0.15, 0.2) is 48.5 Å². The van der Waals surface area contributed by atoms with E-state index in [2.05, 4.69) is 10.3 Å². The van der Waals surface area contributed by atoms with Crippen molar-refractivity contribution < 1.29 is 18.7 Å². The highest BCUT2D eigenvalue weighted by atomic mass is 19.1. The van der Waals surface area contributed by atoms with E-state index in [0.29, 0.717) is 55.2 Å². The number of piperazine rings is 1. The van der Waals surface area contributed by atoms with Gasteiger partial charge in [-0.1, -0.05) is 41.6 Å². The van der Waals surface area contributed by atoms with Crippen molar-refractivity contribution in [1.82, 2.24) is 24.8 Å². The molecule has 170 valence electrons. The molecule has 1 fully saturated rings. The molecule has 0 aliphatic carbocycles. The van der Waals surface area contributed by atoms with Gasteiger partial charge in [0, 0.05) is 31.7 Å². The maximum Gasteiger partial charge on any atom is 0.276 e. The molecular formula is C24H24FN5O3. The number of aromatic nitrogens is 3. The number of hydrogen-bond donors (Lipinski definition) is 0. The van der Waals surface area contributed by atoms with E-state index < -0.39 is 5.82 Å².